The average molecular weight is 228 g/mol. The molecule has 0 heterocycles. The summed E-state index contributed by atoms with van der Waals surface area (Å²) in [6, 6.07) is 0. The van der Waals surface area contributed by atoms with Crippen LogP contribution >= 0.6 is 24.8 Å². The molecule has 0 saturated heterocycles. The molecule has 63 valence electrons. The molecule has 1 aliphatic rings. The summed E-state index contributed by atoms with van der Waals surface area (Å²) in [7, 11) is 0. The fraction of sp³-hybridized carbons (Fsp3) is 0.500. The van der Waals surface area contributed by atoms with Crippen LogP contribution in [0.25, 0.3) is 0 Å². The van der Waals surface area contributed by atoms with Crippen LogP contribution in [0.15, 0.2) is 21.1 Å². The molecule has 0 aromatic rings. The Kier molecular flexibility index (Phi) is 7.06. The Bertz CT molecular complexity index is 194. The number of halogens is 2. The molecule has 1 aliphatic carbocycles. The first-order chi connectivity index (χ1) is 4.13. The van der Waals surface area contributed by atoms with Gasteiger partial charge < -0.3 is 0 Å². The maximum atomic E-state index is 2.32. The molecule has 0 aromatic carbocycles. The predicted molar refractivity (Wildman–Crippen MR) is 50.1 cm³/mol. The maximum Gasteiger partial charge on any atom is -0.147 e. The Morgan fingerprint density at radius 2 is 1.73 bits per heavy atom. The molecular formula is C8H13Cl2Ti. The molecule has 1 atom stereocenters. The van der Waals surface area contributed by atoms with E-state index >= 15 is 0 Å². The van der Waals surface area contributed by atoms with Gasteiger partial charge in [0, 0.05) is 0 Å². The van der Waals surface area contributed by atoms with E-state index in [1.165, 1.54) is 15.0 Å². The molecule has 0 amide bonds. The van der Waals surface area contributed by atoms with Crippen LogP contribution in [-0.2, 0) is 20.4 Å². The van der Waals surface area contributed by atoms with Crippen molar-refractivity contribution in [2.45, 2.75) is 20.8 Å². The van der Waals surface area contributed by atoms with Crippen LogP contribution in [0, 0.1) is 5.92 Å². The second-order valence-corrected chi connectivity index (χ2v) is 3.52. The van der Waals surface area contributed by atoms with Crippen LogP contribution < -0.4 is 0 Å². The fourth-order valence-corrected chi connectivity index (χ4v) is 1.58. The zero-order valence-corrected chi connectivity index (χ0v) is 10.2. The maximum absolute atomic E-state index is 2.32. The summed E-state index contributed by atoms with van der Waals surface area (Å²) < 4.78 is 1.53. The van der Waals surface area contributed by atoms with Gasteiger partial charge in [0.1, 0.15) is 0 Å². The van der Waals surface area contributed by atoms with Crippen molar-refractivity contribution in [3.05, 3.63) is 21.1 Å². The Balaban J connectivity index is 0. The average Bonchev–Trinajstić information content (AvgIpc) is 1.98. The Labute approximate surface area is 92.7 Å². The number of rotatable bonds is 0. The second kappa shape index (κ2) is 5.43. The third kappa shape index (κ3) is 2.95. The van der Waals surface area contributed by atoms with E-state index in [-0.39, 0.29) is 24.8 Å². The van der Waals surface area contributed by atoms with Gasteiger partial charge in [0.15, 0.2) is 0 Å². The summed E-state index contributed by atoms with van der Waals surface area (Å²) in [5.74, 6) is 0.685. The SMILES string of the molecule is CC1=CC(C)[C]([Ti])=C1C.Cl.Cl. The van der Waals surface area contributed by atoms with Gasteiger partial charge in [-0.25, -0.2) is 0 Å². The van der Waals surface area contributed by atoms with Gasteiger partial charge >= 0.3 is 68.2 Å². The molecule has 11 heavy (non-hydrogen) atoms. The number of allylic oxidation sites excluding steroid dienone is 4. The topological polar surface area (TPSA) is 0 Å². The molecule has 0 bridgehead atoms. The molecule has 0 N–H and O–H groups in total. The Hall–Kier alpha value is 0.774. The van der Waals surface area contributed by atoms with Crippen LogP contribution in [0.4, 0.5) is 0 Å². The predicted octanol–water partition coefficient (Wildman–Crippen LogP) is 3.25. The third-order valence-electron chi connectivity index (χ3n) is 1.95. The van der Waals surface area contributed by atoms with Gasteiger partial charge in [-0.2, -0.15) is 0 Å². The summed E-state index contributed by atoms with van der Waals surface area (Å²) in [6.45, 7) is 6.63. The van der Waals surface area contributed by atoms with Crippen LogP contribution in [0.3, 0.4) is 0 Å². The Morgan fingerprint density at radius 1 is 1.27 bits per heavy atom. The second-order valence-electron chi connectivity index (χ2n) is 2.68. The van der Waals surface area contributed by atoms with Gasteiger partial charge in [-0.05, 0) is 0 Å². The van der Waals surface area contributed by atoms with E-state index in [2.05, 4.69) is 47.3 Å². The van der Waals surface area contributed by atoms with E-state index in [4.69, 9.17) is 0 Å². The first-order valence-corrected chi connectivity index (χ1v) is 4.02. The summed E-state index contributed by atoms with van der Waals surface area (Å²) in [4.78, 5) is 0. The van der Waals surface area contributed by atoms with Gasteiger partial charge in [-0.15, -0.1) is 24.8 Å². The number of hydrogen-bond acceptors (Lipinski definition) is 0. The largest absolute Gasteiger partial charge is 0.147 e. The quantitative estimate of drug-likeness (QED) is 0.558. The van der Waals surface area contributed by atoms with Crippen LogP contribution in [0.1, 0.15) is 20.8 Å². The standard InChI is InChI=1S/C8H11.2ClH.Ti/c1-6-4-7(2)8(3)5-6;;;/h4,6H,1-3H3;2*1H;. The van der Waals surface area contributed by atoms with Crippen molar-refractivity contribution in [3.8, 4) is 0 Å². The normalized spacial score (nSPS) is 22.0. The molecule has 0 saturated carbocycles. The molecule has 0 radical (unpaired) electrons. The van der Waals surface area contributed by atoms with E-state index in [9.17, 15) is 0 Å². The van der Waals surface area contributed by atoms with Gasteiger partial charge in [0.2, 0.25) is 0 Å². The minimum Gasteiger partial charge on any atom is -0.147 e. The molecular weight excluding hydrogens is 215 g/mol. The van der Waals surface area contributed by atoms with E-state index in [0.717, 1.165) is 0 Å². The molecule has 0 nitrogen and oxygen atoms in total. The molecule has 0 aliphatic heterocycles. The third-order valence-corrected chi connectivity index (χ3v) is 3.25. The summed E-state index contributed by atoms with van der Waals surface area (Å²) in [6.07, 6.45) is 2.32. The number of hydrogen-bond donors (Lipinski definition) is 0. The van der Waals surface area contributed by atoms with E-state index in [1.54, 1.807) is 0 Å². The first-order valence-electron chi connectivity index (χ1n) is 3.24. The zero-order chi connectivity index (χ0) is 7.02. The summed E-state index contributed by atoms with van der Waals surface area (Å²) >= 11 is 2.22. The minimum atomic E-state index is 0. The monoisotopic (exact) mass is 227 g/mol. The summed E-state index contributed by atoms with van der Waals surface area (Å²) in [5.41, 5.74) is 2.95. The van der Waals surface area contributed by atoms with E-state index in [0.29, 0.717) is 5.92 Å². The molecule has 0 fully saturated rings. The van der Waals surface area contributed by atoms with Crippen molar-refractivity contribution in [3.63, 3.8) is 0 Å². The van der Waals surface area contributed by atoms with Crippen molar-refractivity contribution in [2.75, 3.05) is 0 Å². The first kappa shape index (κ1) is 14.3. The van der Waals surface area contributed by atoms with E-state index < -0.39 is 0 Å². The molecule has 1 unspecified atom stereocenters. The van der Waals surface area contributed by atoms with E-state index in [1.807, 2.05) is 0 Å². The minimum absolute atomic E-state index is 0. The smallest absolute Gasteiger partial charge is 0.147 e. The zero-order valence-electron chi connectivity index (χ0n) is 6.97. The van der Waals surface area contributed by atoms with Gasteiger partial charge in [-0.1, -0.05) is 0 Å². The van der Waals surface area contributed by atoms with Crippen molar-refractivity contribution in [1.82, 2.24) is 0 Å². The summed E-state index contributed by atoms with van der Waals surface area (Å²) in [5, 5.41) is 0. The fourth-order valence-electron chi connectivity index (χ4n) is 1.14. The van der Waals surface area contributed by atoms with Crippen molar-refractivity contribution < 1.29 is 20.4 Å². The van der Waals surface area contributed by atoms with Crippen LogP contribution in [0.5, 0.6) is 0 Å². The van der Waals surface area contributed by atoms with Gasteiger partial charge in [0.25, 0.3) is 0 Å². The van der Waals surface area contributed by atoms with Gasteiger partial charge in [-0.3, -0.25) is 0 Å². The molecule has 3 heteroatoms. The van der Waals surface area contributed by atoms with Crippen LogP contribution in [0.2, 0.25) is 0 Å². The van der Waals surface area contributed by atoms with Crippen molar-refractivity contribution in [1.29, 1.82) is 0 Å². The van der Waals surface area contributed by atoms with Crippen molar-refractivity contribution >= 4 is 24.8 Å². The molecule has 0 spiro atoms. The van der Waals surface area contributed by atoms with Crippen molar-refractivity contribution in [2.24, 2.45) is 5.92 Å². The van der Waals surface area contributed by atoms with Crippen LogP contribution in [-0.4, -0.2) is 0 Å². The van der Waals surface area contributed by atoms with Gasteiger partial charge in [0.05, 0.1) is 0 Å². The molecule has 1 rings (SSSR count). The molecule has 0 aromatic heterocycles. The Morgan fingerprint density at radius 3 is 1.82 bits per heavy atom.